The average Bonchev–Trinajstić information content (AvgIpc) is 2.55. The third-order valence-corrected chi connectivity index (χ3v) is 3.06. The number of carbonyl (C=O) groups is 2. The van der Waals surface area contributed by atoms with Gasteiger partial charge in [0, 0.05) is 12.2 Å². The molecule has 116 valence electrons. The number of anilines is 1. The highest BCUT2D eigenvalue weighted by atomic mass is 16.5. The fraction of sp³-hybridized carbons (Fsp3) is 0.312. The van der Waals surface area contributed by atoms with Gasteiger partial charge >= 0.3 is 5.97 Å². The van der Waals surface area contributed by atoms with Crippen LogP contribution in [0, 0.1) is 11.3 Å². The van der Waals surface area contributed by atoms with Crippen molar-refractivity contribution in [2.45, 2.75) is 26.3 Å². The Morgan fingerprint density at radius 3 is 2.68 bits per heavy atom. The first-order valence-corrected chi connectivity index (χ1v) is 6.88. The molecule has 1 aromatic carbocycles. The molecule has 0 radical (unpaired) electrons. The van der Waals surface area contributed by atoms with Crippen LogP contribution in [0.5, 0.6) is 0 Å². The van der Waals surface area contributed by atoms with Crippen molar-refractivity contribution in [3.63, 3.8) is 0 Å². The van der Waals surface area contributed by atoms with E-state index in [1.165, 1.54) is 13.3 Å². The van der Waals surface area contributed by atoms with Crippen LogP contribution in [-0.2, 0) is 9.53 Å². The van der Waals surface area contributed by atoms with Crippen molar-refractivity contribution in [1.29, 1.82) is 5.26 Å². The van der Waals surface area contributed by atoms with E-state index < -0.39 is 5.97 Å². The number of hydrogen-bond acceptors (Lipinski definition) is 5. The Hall–Kier alpha value is -2.81. The summed E-state index contributed by atoms with van der Waals surface area (Å²) in [6, 6.07) is 8.64. The lowest BCUT2D eigenvalue weighted by Crippen LogP contribution is -2.32. The van der Waals surface area contributed by atoms with E-state index in [-0.39, 0.29) is 17.5 Å². The molecule has 0 aromatic heterocycles. The second kappa shape index (κ2) is 8.47. The molecule has 0 bridgehead atoms. The lowest BCUT2D eigenvalue weighted by molar-refractivity contribution is -0.135. The molecule has 0 aliphatic heterocycles. The molecule has 0 aliphatic carbocycles. The van der Waals surface area contributed by atoms with Gasteiger partial charge in [0.25, 0.3) is 5.91 Å². The van der Waals surface area contributed by atoms with Gasteiger partial charge < -0.3 is 15.4 Å². The van der Waals surface area contributed by atoms with Gasteiger partial charge in [-0.25, -0.2) is 4.79 Å². The number of nitriles is 1. The van der Waals surface area contributed by atoms with Crippen LogP contribution in [-0.4, -0.2) is 25.0 Å². The van der Waals surface area contributed by atoms with Gasteiger partial charge in [0.1, 0.15) is 6.07 Å². The second-order valence-electron chi connectivity index (χ2n) is 4.63. The number of nitrogens with zero attached hydrogens (tertiary/aromatic N) is 1. The van der Waals surface area contributed by atoms with Crippen molar-refractivity contribution in [1.82, 2.24) is 5.32 Å². The van der Waals surface area contributed by atoms with Crippen LogP contribution in [0.1, 0.15) is 30.6 Å². The number of benzene rings is 1. The molecule has 22 heavy (non-hydrogen) atoms. The largest absolute Gasteiger partial charge is 0.465 e. The van der Waals surface area contributed by atoms with Crippen molar-refractivity contribution < 1.29 is 14.3 Å². The normalized spacial score (nSPS) is 12.0. The fourth-order valence-electron chi connectivity index (χ4n) is 1.61. The van der Waals surface area contributed by atoms with Crippen LogP contribution in [0.3, 0.4) is 0 Å². The molecule has 6 nitrogen and oxygen atoms in total. The average molecular weight is 301 g/mol. The van der Waals surface area contributed by atoms with Gasteiger partial charge in [0.05, 0.1) is 18.4 Å². The SMILES string of the molecule is CCC(C)NC(=O)c1ccccc1N/C=C(\C#N)C(=O)OC. The highest BCUT2D eigenvalue weighted by Crippen LogP contribution is 2.16. The van der Waals surface area contributed by atoms with Crippen molar-refractivity contribution >= 4 is 17.6 Å². The Morgan fingerprint density at radius 2 is 2.09 bits per heavy atom. The molecule has 1 atom stereocenters. The highest BCUT2D eigenvalue weighted by Gasteiger charge is 2.13. The van der Waals surface area contributed by atoms with E-state index in [0.717, 1.165) is 6.42 Å². The molecule has 0 spiro atoms. The summed E-state index contributed by atoms with van der Waals surface area (Å²) in [7, 11) is 1.20. The maximum absolute atomic E-state index is 12.2. The molecule has 0 aliphatic rings. The number of ether oxygens (including phenoxy) is 1. The summed E-state index contributed by atoms with van der Waals surface area (Å²) in [5, 5.41) is 14.6. The van der Waals surface area contributed by atoms with Gasteiger partial charge in [-0.1, -0.05) is 19.1 Å². The molecule has 1 unspecified atom stereocenters. The maximum atomic E-state index is 12.2. The van der Waals surface area contributed by atoms with Crippen LogP contribution in [0.4, 0.5) is 5.69 Å². The van der Waals surface area contributed by atoms with E-state index in [9.17, 15) is 9.59 Å². The predicted octanol–water partition coefficient (Wildman–Crippen LogP) is 2.21. The first-order chi connectivity index (χ1) is 10.5. The molecule has 1 amide bonds. The molecule has 0 fully saturated rings. The van der Waals surface area contributed by atoms with Crippen LogP contribution < -0.4 is 10.6 Å². The zero-order valence-electron chi connectivity index (χ0n) is 12.8. The Bertz CT molecular complexity index is 617. The van der Waals surface area contributed by atoms with E-state index in [1.807, 2.05) is 13.8 Å². The first kappa shape index (κ1) is 17.2. The monoisotopic (exact) mass is 301 g/mol. The number of nitrogens with one attached hydrogen (secondary N) is 2. The molecule has 0 heterocycles. The van der Waals surface area contributed by atoms with Gasteiger partial charge in [0.2, 0.25) is 0 Å². The van der Waals surface area contributed by atoms with Crippen molar-refractivity contribution in [2.24, 2.45) is 0 Å². The highest BCUT2D eigenvalue weighted by molar-refractivity contribution is 6.00. The number of methoxy groups -OCH3 is 1. The first-order valence-electron chi connectivity index (χ1n) is 6.88. The predicted molar refractivity (Wildman–Crippen MR) is 83.0 cm³/mol. The van der Waals surface area contributed by atoms with E-state index in [0.29, 0.717) is 11.3 Å². The van der Waals surface area contributed by atoms with E-state index >= 15 is 0 Å². The molecule has 6 heteroatoms. The van der Waals surface area contributed by atoms with Crippen LogP contribution >= 0.6 is 0 Å². The Morgan fingerprint density at radius 1 is 1.41 bits per heavy atom. The molecular formula is C16H19N3O3. The number of esters is 1. The third kappa shape index (κ3) is 4.63. The number of amides is 1. The molecule has 2 N–H and O–H groups in total. The lowest BCUT2D eigenvalue weighted by Gasteiger charge is -2.14. The van der Waals surface area contributed by atoms with Crippen molar-refractivity contribution in [3.8, 4) is 6.07 Å². The minimum atomic E-state index is -0.739. The Labute approximate surface area is 129 Å². The third-order valence-electron chi connectivity index (χ3n) is 3.06. The van der Waals surface area contributed by atoms with E-state index in [4.69, 9.17) is 5.26 Å². The van der Waals surface area contributed by atoms with Gasteiger partial charge in [-0.05, 0) is 25.5 Å². The van der Waals surface area contributed by atoms with Crippen LogP contribution in [0.25, 0.3) is 0 Å². The summed E-state index contributed by atoms with van der Waals surface area (Å²) in [6.07, 6.45) is 2.04. The van der Waals surface area contributed by atoms with Crippen LogP contribution in [0.2, 0.25) is 0 Å². The Balaban J connectivity index is 2.98. The topological polar surface area (TPSA) is 91.2 Å². The van der Waals surface area contributed by atoms with Gasteiger partial charge in [0.15, 0.2) is 5.57 Å². The zero-order valence-corrected chi connectivity index (χ0v) is 12.8. The lowest BCUT2D eigenvalue weighted by atomic mass is 10.1. The minimum Gasteiger partial charge on any atom is -0.465 e. The summed E-state index contributed by atoms with van der Waals surface area (Å²) >= 11 is 0. The minimum absolute atomic E-state index is 0.0563. The molecule has 0 saturated heterocycles. The van der Waals surface area contributed by atoms with E-state index in [2.05, 4.69) is 15.4 Å². The molecule has 1 rings (SSSR count). The number of hydrogen-bond donors (Lipinski definition) is 2. The van der Waals surface area contributed by atoms with Gasteiger partial charge in [-0.3, -0.25) is 4.79 Å². The van der Waals surface area contributed by atoms with Gasteiger partial charge in [-0.15, -0.1) is 0 Å². The summed E-state index contributed by atoms with van der Waals surface area (Å²) < 4.78 is 4.49. The number of carbonyl (C=O) groups excluding carboxylic acids is 2. The van der Waals surface area contributed by atoms with Gasteiger partial charge in [-0.2, -0.15) is 5.26 Å². The zero-order chi connectivity index (χ0) is 16.5. The summed E-state index contributed by atoms with van der Waals surface area (Å²) in [4.78, 5) is 23.5. The standard InChI is InChI=1S/C16H19N3O3/c1-4-11(2)19-15(20)13-7-5-6-8-14(13)18-10-12(9-17)16(21)22-3/h5-8,10-11,18H,4H2,1-3H3,(H,19,20)/b12-10+. The summed E-state index contributed by atoms with van der Waals surface area (Å²) in [5.74, 6) is -0.959. The summed E-state index contributed by atoms with van der Waals surface area (Å²) in [5.41, 5.74) is 0.751. The number of rotatable bonds is 6. The van der Waals surface area contributed by atoms with Crippen molar-refractivity contribution in [3.05, 3.63) is 41.6 Å². The smallest absolute Gasteiger partial charge is 0.350 e. The second-order valence-corrected chi connectivity index (χ2v) is 4.63. The maximum Gasteiger partial charge on any atom is 0.350 e. The fourth-order valence-corrected chi connectivity index (χ4v) is 1.61. The number of para-hydroxylation sites is 1. The van der Waals surface area contributed by atoms with Crippen molar-refractivity contribution in [2.75, 3.05) is 12.4 Å². The quantitative estimate of drug-likeness (QED) is 0.477. The molecule has 0 saturated carbocycles. The summed E-state index contributed by atoms with van der Waals surface area (Å²) in [6.45, 7) is 3.90. The van der Waals surface area contributed by atoms with E-state index in [1.54, 1.807) is 30.3 Å². The Kier molecular flexibility index (Phi) is 6.64. The van der Waals surface area contributed by atoms with Crippen LogP contribution in [0.15, 0.2) is 36.0 Å². The molecule has 1 aromatic rings. The molecular weight excluding hydrogens is 282 g/mol.